The second-order valence-electron chi connectivity index (χ2n) is 5.29. The van der Waals surface area contributed by atoms with Crippen LogP contribution in [0, 0.1) is 11.3 Å². The first kappa shape index (κ1) is 18.7. The lowest BCUT2D eigenvalue weighted by Crippen LogP contribution is -2.31. The first-order valence-corrected chi connectivity index (χ1v) is 7.70. The average Bonchev–Trinajstić information content (AvgIpc) is 2.67. The van der Waals surface area contributed by atoms with Crippen LogP contribution in [-0.4, -0.2) is 30.9 Å². The summed E-state index contributed by atoms with van der Waals surface area (Å²) in [5.41, 5.74) is 1.46. The Morgan fingerprint density at radius 2 is 1.81 bits per heavy atom. The predicted molar refractivity (Wildman–Crippen MR) is 92.7 cm³/mol. The van der Waals surface area contributed by atoms with Gasteiger partial charge in [-0.3, -0.25) is 9.59 Å². The molecule has 0 aliphatic heterocycles. The van der Waals surface area contributed by atoms with Gasteiger partial charge in [-0.25, -0.2) is 4.79 Å². The Morgan fingerprint density at radius 1 is 1.15 bits per heavy atom. The molecule has 2 aromatic carbocycles. The monoisotopic (exact) mass is 352 g/mol. The third-order valence-corrected chi connectivity index (χ3v) is 3.33. The Labute approximate surface area is 150 Å². The summed E-state index contributed by atoms with van der Waals surface area (Å²) in [4.78, 5) is 34.4. The molecule has 132 valence electrons. The van der Waals surface area contributed by atoms with Crippen molar-refractivity contribution in [3.8, 4) is 11.8 Å². The van der Waals surface area contributed by atoms with Gasteiger partial charge in [0.05, 0.1) is 11.6 Å². The highest BCUT2D eigenvalue weighted by atomic mass is 16.6. The highest BCUT2D eigenvalue weighted by Crippen LogP contribution is 2.12. The zero-order chi connectivity index (χ0) is 18.9. The number of aldehydes is 1. The molecule has 0 aromatic heterocycles. The van der Waals surface area contributed by atoms with Crippen LogP contribution in [0.25, 0.3) is 0 Å². The van der Waals surface area contributed by atoms with Gasteiger partial charge in [-0.1, -0.05) is 0 Å². The topological polar surface area (TPSA) is 105 Å². The maximum atomic E-state index is 12.0. The van der Waals surface area contributed by atoms with Crippen LogP contribution < -0.4 is 10.1 Å². The van der Waals surface area contributed by atoms with Crippen molar-refractivity contribution in [2.75, 3.05) is 11.9 Å². The molecule has 1 amide bonds. The van der Waals surface area contributed by atoms with E-state index in [0.29, 0.717) is 28.8 Å². The molecule has 0 spiro atoms. The number of nitrogens with zero attached hydrogens (tertiary/aromatic N) is 1. The Kier molecular flexibility index (Phi) is 6.46. The van der Waals surface area contributed by atoms with E-state index < -0.39 is 18.0 Å². The SMILES string of the molecule is C[C@@H](OC(=O)COc1ccc(C=O)cc1)C(=O)Nc1ccc(C#N)cc1. The highest BCUT2D eigenvalue weighted by Gasteiger charge is 2.18. The van der Waals surface area contributed by atoms with Crippen molar-refractivity contribution >= 4 is 23.9 Å². The summed E-state index contributed by atoms with van der Waals surface area (Å²) in [5.74, 6) is -0.799. The van der Waals surface area contributed by atoms with Gasteiger partial charge in [-0.2, -0.15) is 5.26 Å². The van der Waals surface area contributed by atoms with Crippen molar-refractivity contribution in [2.24, 2.45) is 0 Å². The molecular formula is C19H16N2O5. The Balaban J connectivity index is 1.80. The molecule has 0 unspecified atom stereocenters. The number of hydrogen-bond donors (Lipinski definition) is 1. The third kappa shape index (κ3) is 5.46. The fourth-order valence-electron chi connectivity index (χ4n) is 1.94. The van der Waals surface area contributed by atoms with Crippen molar-refractivity contribution in [2.45, 2.75) is 13.0 Å². The first-order chi connectivity index (χ1) is 12.5. The van der Waals surface area contributed by atoms with Gasteiger partial charge >= 0.3 is 5.97 Å². The lowest BCUT2D eigenvalue weighted by Gasteiger charge is -2.14. The number of esters is 1. The molecule has 0 heterocycles. The van der Waals surface area contributed by atoms with Crippen LogP contribution in [-0.2, 0) is 14.3 Å². The molecule has 1 atom stereocenters. The van der Waals surface area contributed by atoms with E-state index in [-0.39, 0.29) is 6.61 Å². The molecule has 0 aliphatic rings. The second-order valence-corrected chi connectivity index (χ2v) is 5.29. The van der Waals surface area contributed by atoms with Crippen LogP contribution in [0.1, 0.15) is 22.8 Å². The fourth-order valence-corrected chi connectivity index (χ4v) is 1.94. The molecule has 0 saturated heterocycles. The minimum atomic E-state index is -1.01. The number of carbonyl (C=O) groups is 3. The van der Waals surface area contributed by atoms with Crippen molar-refractivity contribution in [3.63, 3.8) is 0 Å². The van der Waals surface area contributed by atoms with Crippen molar-refractivity contribution in [1.29, 1.82) is 5.26 Å². The number of benzene rings is 2. The Hall–Kier alpha value is -3.66. The van der Waals surface area contributed by atoms with Gasteiger partial charge < -0.3 is 14.8 Å². The lowest BCUT2D eigenvalue weighted by atomic mass is 10.2. The van der Waals surface area contributed by atoms with Crippen molar-refractivity contribution < 1.29 is 23.9 Å². The van der Waals surface area contributed by atoms with Crippen molar-refractivity contribution in [1.82, 2.24) is 0 Å². The number of carbonyl (C=O) groups excluding carboxylic acids is 3. The van der Waals surface area contributed by atoms with Gasteiger partial charge in [-0.15, -0.1) is 0 Å². The molecule has 0 fully saturated rings. The smallest absolute Gasteiger partial charge is 0.344 e. The van der Waals surface area contributed by atoms with Gasteiger partial charge in [-0.05, 0) is 55.5 Å². The predicted octanol–water partition coefficient (Wildman–Crippen LogP) is 2.32. The summed E-state index contributed by atoms with van der Waals surface area (Å²) in [5, 5.41) is 11.3. The Bertz CT molecular complexity index is 823. The molecule has 0 bridgehead atoms. The van der Waals surface area contributed by atoms with E-state index in [0.717, 1.165) is 0 Å². The second kappa shape index (κ2) is 8.99. The van der Waals surface area contributed by atoms with Crippen LogP contribution in [0.15, 0.2) is 48.5 Å². The largest absolute Gasteiger partial charge is 0.482 e. The van der Waals surface area contributed by atoms with Crippen LogP contribution in [0.2, 0.25) is 0 Å². The quantitative estimate of drug-likeness (QED) is 0.605. The normalized spacial score (nSPS) is 10.9. The number of hydrogen-bond acceptors (Lipinski definition) is 6. The molecule has 1 N–H and O–H groups in total. The molecule has 7 heteroatoms. The summed E-state index contributed by atoms with van der Waals surface area (Å²) in [6.07, 6.45) is -0.314. The van der Waals surface area contributed by atoms with Gasteiger partial charge in [0.2, 0.25) is 0 Å². The molecular weight excluding hydrogens is 336 g/mol. The van der Waals surface area contributed by atoms with E-state index >= 15 is 0 Å². The number of anilines is 1. The Morgan fingerprint density at radius 3 is 2.38 bits per heavy atom. The van der Waals surface area contributed by atoms with Gasteiger partial charge in [0.1, 0.15) is 12.0 Å². The van der Waals surface area contributed by atoms with Crippen LogP contribution in [0.4, 0.5) is 5.69 Å². The summed E-state index contributed by atoms with van der Waals surface area (Å²) in [6, 6.07) is 14.5. The lowest BCUT2D eigenvalue weighted by molar-refractivity contribution is -0.155. The number of amides is 1. The fraction of sp³-hybridized carbons (Fsp3) is 0.158. The molecule has 0 saturated carbocycles. The van der Waals surface area contributed by atoms with Crippen LogP contribution in [0.5, 0.6) is 5.75 Å². The van der Waals surface area contributed by atoms with Crippen molar-refractivity contribution in [3.05, 3.63) is 59.7 Å². The number of rotatable bonds is 7. The maximum Gasteiger partial charge on any atom is 0.344 e. The minimum absolute atomic E-state index is 0.366. The molecule has 0 aliphatic carbocycles. The number of nitriles is 1. The van der Waals surface area contributed by atoms with E-state index in [1.165, 1.54) is 6.92 Å². The summed E-state index contributed by atoms with van der Waals surface area (Å²) in [7, 11) is 0. The van der Waals surface area contributed by atoms with E-state index in [1.54, 1.807) is 48.5 Å². The molecule has 7 nitrogen and oxygen atoms in total. The van der Waals surface area contributed by atoms with E-state index in [1.807, 2.05) is 6.07 Å². The van der Waals surface area contributed by atoms with Crippen LogP contribution >= 0.6 is 0 Å². The van der Waals surface area contributed by atoms with Gasteiger partial charge in [0.25, 0.3) is 5.91 Å². The maximum absolute atomic E-state index is 12.0. The van der Waals surface area contributed by atoms with E-state index in [9.17, 15) is 14.4 Å². The standard InChI is InChI=1S/C19H16N2O5/c1-13(19(24)21-16-6-2-14(10-20)3-7-16)26-18(23)12-25-17-8-4-15(11-22)5-9-17/h2-9,11,13H,12H2,1H3,(H,21,24)/t13-/m1/s1. The van der Waals surface area contributed by atoms with Gasteiger partial charge in [0, 0.05) is 11.3 Å². The van der Waals surface area contributed by atoms with Crippen LogP contribution in [0.3, 0.4) is 0 Å². The molecule has 2 aromatic rings. The zero-order valence-corrected chi connectivity index (χ0v) is 14.0. The molecule has 2 rings (SSSR count). The molecule has 26 heavy (non-hydrogen) atoms. The number of ether oxygens (including phenoxy) is 2. The highest BCUT2D eigenvalue weighted by molar-refractivity contribution is 5.95. The minimum Gasteiger partial charge on any atom is -0.482 e. The third-order valence-electron chi connectivity index (χ3n) is 3.33. The summed E-state index contributed by atoms with van der Waals surface area (Å²) >= 11 is 0. The van der Waals surface area contributed by atoms with E-state index in [2.05, 4.69) is 5.32 Å². The number of nitrogens with one attached hydrogen (secondary N) is 1. The summed E-state index contributed by atoms with van der Waals surface area (Å²) in [6.45, 7) is 1.07. The van der Waals surface area contributed by atoms with E-state index in [4.69, 9.17) is 14.7 Å². The first-order valence-electron chi connectivity index (χ1n) is 7.70. The van der Waals surface area contributed by atoms with Gasteiger partial charge in [0.15, 0.2) is 12.7 Å². The zero-order valence-electron chi connectivity index (χ0n) is 14.0. The average molecular weight is 352 g/mol. The summed E-state index contributed by atoms with van der Waals surface area (Å²) < 4.78 is 10.3. The molecule has 0 radical (unpaired) electrons.